The maximum absolute atomic E-state index is 12.1. The van der Waals surface area contributed by atoms with Gasteiger partial charge in [0, 0.05) is 29.7 Å². The molecule has 0 atom stereocenters. The Labute approximate surface area is 170 Å². The second-order valence-corrected chi connectivity index (χ2v) is 7.10. The summed E-state index contributed by atoms with van der Waals surface area (Å²) in [5.41, 5.74) is 3.04. The third-order valence-electron chi connectivity index (χ3n) is 4.06. The number of hydrogen-bond donors (Lipinski definition) is 1. The Hall–Kier alpha value is -3.59. The third-order valence-corrected chi connectivity index (χ3v) is 4.93. The van der Waals surface area contributed by atoms with Crippen molar-refractivity contribution in [3.63, 3.8) is 0 Å². The van der Waals surface area contributed by atoms with E-state index >= 15 is 0 Å². The second-order valence-electron chi connectivity index (χ2n) is 6.16. The van der Waals surface area contributed by atoms with Gasteiger partial charge in [0.25, 0.3) is 0 Å². The molecule has 4 aromatic rings. The highest BCUT2D eigenvalue weighted by Gasteiger charge is 2.10. The minimum atomic E-state index is -0.243. The van der Waals surface area contributed by atoms with E-state index in [0.717, 1.165) is 11.1 Å². The highest BCUT2D eigenvalue weighted by atomic mass is 32.2. The summed E-state index contributed by atoms with van der Waals surface area (Å²) in [6, 6.07) is 12.8. The summed E-state index contributed by atoms with van der Waals surface area (Å²) in [5, 5.41) is 7.53. The summed E-state index contributed by atoms with van der Waals surface area (Å²) in [7, 11) is 0. The third kappa shape index (κ3) is 4.46. The number of hydrogen-bond acceptors (Lipinski definition) is 7. The van der Waals surface area contributed by atoms with E-state index in [-0.39, 0.29) is 23.4 Å². The molecular weight excluding hydrogens is 388 g/mol. The van der Waals surface area contributed by atoms with Gasteiger partial charge in [0.15, 0.2) is 16.6 Å². The van der Waals surface area contributed by atoms with Crippen LogP contribution in [0.25, 0.3) is 16.8 Å². The van der Waals surface area contributed by atoms with Crippen LogP contribution in [-0.2, 0) is 4.79 Å². The van der Waals surface area contributed by atoms with Gasteiger partial charge in [-0.15, -0.1) is 5.10 Å². The SMILES string of the molecule is CC(=O)c1cccc(-c2ccc3nc(NC(=O)CSc4ncccn4)nn3c2)c1. The molecule has 0 aliphatic carbocycles. The van der Waals surface area contributed by atoms with Crippen LogP contribution in [0.4, 0.5) is 5.95 Å². The number of thioether (sulfide) groups is 1. The van der Waals surface area contributed by atoms with E-state index in [1.807, 2.05) is 36.5 Å². The molecule has 1 aromatic carbocycles. The fourth-order valence-electron chi connectivity index (χ4n) is 2.68. The molecule has 8 nitrogen and oxygen atoms in total. The lowest BCUT2D eigenvalue weighted by atomic mass is 10.0. The van der Waals surface area contributed by atoms with Crippen LogP contribution >= 0.6 is 11.8 Å². The Morgan fingerprint density at radius 1 is 1.07 bits per heavy atom. The predicted molar refractivity (Wildman–Crippen MR) is 110 cm³/mol. The van der Waals surface area contributed by atoms with Gasteiger partial charge < -0.3 is 0 Å². The van der Waals surface area contributed by atoms with Crippen molar-refractivity contribution in [2.24, 2.45) is 0 Å². The summed E-state index contributed by atoms with van der Waals surface area (Å²) in [5.74, 6) is 0.146. The van der Waals surface area contributed by atoms with Crippen LogP contribution in [0.3, 0.4) is 0 Å². The number of anilines is 1. The largest absolute Gasteiger partial charge is 0.295 e. The van der Waals surface area contributed by atoms with Crippen molar-refractivity contribution in [3.05, 3.63) is 66.6 Å². The average Bonchev–Trinajstić information content (AvgIpc) is 3.14. The first-order valence-electron chi connectivity index (χ1n) is 8.76. The molecule has 3 aromatic heterocycles. The van der Waals surface area contributed by atoms with Gasteiger partial charge in [-0.1, -0.05) is 30.0 Å². The Kier molecular flexibility index (Phi) is 5.30. The van der Waals surface area contributed by atoms with Crippen LogP contribution in [0.1, 0.15) is 17.3 Å². The van der Waals surface area contributed by atoms with Gasteiger partial charge in [-0.25, -0.2) is 14.5 Å². The molecule has 9 heteroatoms. The molecule has 1 amide bonds. The number of rotatable bonds is 6. The summed E-state index contributed by atoms with van der Waals surface area (Å²) in [6.07, 6.45) is 5.06. The zero-order valence-electron chi connectivity index (χ0n) is 15.4. The number of amides is 1. The summed E-state index contributed by atoms with van der Waals surface area (Å²) < 4.78 is 1.60. The first-order chi connectivity index (χ1) is 14.1. The van der Waals surface area contributed by atoms with Crippen molar-refractivity contribution in [2.45, 2.75) is 12.1 Å². The first-order valence-corrected chi connectivity index (χ1v) is 9.74. The number of fused-ring (bicyclic) bond motifs is 1. The van der Waals surface area contributed by atoms with Crippen LogP contribution < -0.4 is 5.32 Å². The number of carbonyl (C=O) groups is 2. The van der Waals surface area contributed by atoms with Gasteiger partial charge >= 0.3 is 0 Å². The minimum absolute atomic E-state index is 0.0115. The van der Waals surface area contributed by atoms with Crippen molar-refractivity contribution < 1.29 is 9.59 Å². The molecule has 0 unspecified atom stereocenters. The molecule has 0 saturated carbocycles. The average molecular weight is 404 g/mol. The molecule has 144 valence electrons. The normalized spacial score (nSPS) is 10.8. The second kappa shape index (κ2) is 8.19. The van der Waals surface area contributed by atoms with Crippen molar-refractivity contribution in [1.82, 2.24) is 24.6 Å². The van der Waals surface area contributed by atoms with Crippen LogP contribution in [0.15, 0.2) is 66.2 Å². The van der Waals surface area contributed by atoms with E-state index in [0.29, 0.717) is 16.4 Å². The quantitative estimate of drug-likeness (QED) is 0.299. The zero-order valence-corrected chi connectivity index (χ0v) is 16.3. The molecular formula is C20H16N6O2S. The molecule has 0 saturated heterocycles. The lowest BCUT2D eigenvalue weighted by Gasteiger charge is -2.04. The fraction of sp³-hybridized carbons (Fsp3) is 0.100. The summed E-state index contributed by atoms with van der Waals surface area (Å²) in [6.45, 7) is 1.54. The predicted octanol–water partition coefficient (Wildman–Crippen LogP) is 3.12. The smallest absolute Gasteiger partial charge is 0.249 e. The van der Waals surface area contributed by atoms with E-state index in [4.69, 9.17) is 0 Å². The lowest BCUT2D eigenvalue weighted by molar-refractivity contribution is -0.113. The van der Waals surface area contributed by atoms with Crippen molar-refractivity contribution >= 4 is 35.0 Å². The molecule has 4 rings (SSSR count). The van der Waals surface area contributed by atoms with Crippen LogP contribution in [-0.4, -0.2) is 42.0 Å². The van der Waals surface area contributed by atoms with Gasteiger partial charge in [-0.3, -0.25) is 14.9 Å². The number of Topliss-reactive ketones (excluding diaryl/α,β-unsaturated/α-hetero) is 1. The molecule has 3 heterocycles. The number of pyridine rings is 1. The first kappa shape index (κ1) is 18.8. The standard InChI is InChI=1S/C20H16N6O2S/c1-13(27)14-4-2-5-15(10-14)16-6-7-17-23-19(25-26(17)11-16)24-18(28)12-29-20-21-8-3-9-22-20/h2-11H,12H2,1H3,(H,24,25,28). The number of nitrogens with zero attached hydrogens (tertiary/aromatic N) is 5. The lowest BCUT2D eigenvalue weighted by Crippen LogP contribution is -2.15. The number of carbonyl (C=O) groups excluding carboxylic acids is 2. The van der Waals surface area contributed by atoms with Gasteiger partial charge in [-0.05, 0) is 36.8 Å². The van der Waals surface area contributed by atoms with Crippen LogP contribution in [0.2, 0.25) is 0 Å². The van der Waals surface area contributed by atoms with E-state index in [9.17, 15) is 9.59 Å². The van der Waals surface area contributed by atoms with E-state index < -0.39 is 0 Å². The number of benzene rings is 1. The topological polar surface area (TPSA) is 102 Å². The van der Waals surface area contributed by atoms with E-state index in [1.54, 1.807) is 29.0 Å². The number of aromatic nitrogens is 5. The summed E-state index contributed by atoms with van der Waals surface area (Å²) >= 11 is 1.23. The van der Waals surface area contributed by atoms with Gasteiger partial charge in [0.1, 0.15) is 0 Å². The summed E-state index contributed by atoms with van der Waals surface area (Å²) in [4.78, 5) is 36.2. The van der Waals surface area contributed by atoms with Gasteiger partial charge in [0.05, 0.1) is 5.75 Å². The Morgan fingerprint density at radius 3 is 2.69 bits per heavy atom. The Morgan fingerprint density at radius 2 is 1.90 bits per heavy atom. The van der Waals surface area contributed by atoms with E-state index in [1.165, 1.54) is 18.7 Å². The Balaban J connectivity index is 1.49. The van der Waals surface area contributed by atoms with Crippen molar-refractivity contribution in [1.29, 1.82) is 0 Å². The molecule has 0 radical (unpaired) electrons. The molecule has 0 aliphatic rings. The van der Waals surface area contributed by atoms with Crippen molar-refractivity contribution in [2.75, 3.05) is 11.1 Å². The Bertz CT molecular complexity index is 1190. The maximum Gasteiger partial charge on any atom is 0.249 e. The number of ketones is 1. The maximum atomic E-state index is 12.1. The van der Waals surface area contributed by atoms with Crippen LogP contribution in [0.5, 0.6) is 0 Å². The van der Waals surface area contributed by atoms with Gasteiger partial charge in [0.2, 0.25) is 11.9 Å². The minimum Gasteiger partial charge on any atom is -0.295 e. The zero-order chi connectivity index (χ0) is 20.2. The molecule has 0 spiro atoms. The van der Waals surface area contributed by atoms with Crippen LogP contribution in [0, 0.1) is 0 Å². The monoisotopic (exact) mass is 404 g/mol. The molecule has 29 heavy (non-hydrogen) atoms. The highest BCUT2D eigenvalue weighted by molar-refractivity contribution is 7.99. The molecule has 0 aliphatic heterocycles. The molecule has 0 fully saturated rings. The molecule has 1 N–H and O–H groups in total. The van der Waals surface area contributed by atoms with E-state index in [2.05, 4.69) is 25.4 Å². The van der Waals surface area contributed by atoms with Gasteiger partial charge in [-0.2, -0.15) is 4.98 Å². The highest BCUT2D eigenvalue weighted by Crippen LogP contribution is 2.21. The number of nitrogens with one attached hydrogen (secondary N) is 1. The van der Waals surface area contributed by atoms with Crippen molar-refractivity contribution in [3.8, 4) is 11.1 Å². The molecule has 0 bridgehead atoms. The fourth-order valence-corrected chi connectivity index (χ4v) is 3.28.